The van der Waals surface area contributed by atoms with Crippen LogP contribution in [-0.2, 0) is 9.59 Å². The smallest absolute Gasteiger partial charge is 0.326 e. The molecule has 6 heteroatoms. The summed E-state index contributed by atoms with van der Waals surface area (Å²) in [6.45, 7) is 3.62. The fraction of sp³-hybridized carbons (Fsp3) is 0.357. The van der Waals surface area contributed by atoms with Gasteiger partial charge in [-0.3, -0.25) is 9.59 Å². The van der Waals surface area contributed by atoms with Crippen LogP contribution in [0.1, 0.15) is 34.3 Å². The third-order valence-corrected chi connectivity index (χ3v) is 2.92. The molecular formula is C14H18N2O4. The van der Waals surface area contributed by atoms with Crippen LogP contribution in [0.25, 0.3) is 0 Å². The Morgan fingerprint density at radius 3 is 2.50 bits per heavy atom. The molecule has 0 heterocycles. The lowest BCUT2D eigenvalue weighted by molar-refractivity contribution is -0.139. The standard InChI is InChI=1S/C14H18N2O4/c1-8-3-4-9(2)10(7-8)13(18)16-11(14(19)20)5-6-12(15)17/h3-4,7,11H,5-6H2,1-2H3,(H2,15,17)(H,16,18)(H,19,20). The Hall–Kier alpha value is -2.37. The number of nitrogens with two attached hydrogens (primary N) is 1. The fourth-order valence-electron chi connectivity index (χ4n) is 1.76. The molecule has 4 N–H and O–H groups in total. The Bertz CT molecular complexity index is 540. The Morgan fingerprint density at radius 2 is 1.95 bits per heavy atom. The minimum atomic E-state index is -1.19. The van der Waals surface area contributed by atoms with Gasteiger partial charge in [0.2, 0.25) is 5.91 Å². The highest BCUT2D eigenvalue weighted by Gasteiger charge is 2.21. The molecule has 1 atom stereocenters. The highest BCUT2D eigenvalue weighted by Crippen LogP contribution is 2.11. The number of carbonyl (C=O) groups is 3. The third-order valence-electron chi connectivity index (χ3n) is 2.92. The van der Waals surface area contributed by atoms with E-state index in [0.717, 1.165) is 11.1 Å². The zero-order chi connectivity index (χ0) is 15.3. The molecule has 0 bridgehead atoms. The average molecular weight is 278 g/mol. The maximum Gasteiger partial charge on any atom is 0.326 e. The number of nitrogens with one attached hydrogen (secondary N) is 1. The van der Waals surface area contributed by atoms with Crippen molar-refractivity contribution in [1.29, 1.82) is 0 Å². The first-order valence-corrected chi connectivity index (χ1v) is 6.20. The number of hydrogen-bond donors (Lipinski definition) is 3. The van der Waals surface area contributed by atoms with E-state index in [4.69, 9.17) is 10.8 Å². The molecule has 0 aromatic heterocycles. The number of hydrogen-bond acceptors (Lipinski definition) is 3. The second kappa shape index (κ2) is 6.70. The molecule has 6 nitrogen and oxygen atoms in total. The van der Waals surface area contributed by atoms with Crippen molar-refractivity contribution < 1.29 is 19.5 Å². The van der Waals surface area contributed by atoms with Crippen LogP contribution in [0, 0.1) is 13.8 Å². The summed E-state index contributed by atoms with van der Waals surface area (Å²) in [5.41, 5.74) is 7.07. The van der Waals surface area contributed by atoms with E-state index in [-0.39, 0.29) is 12.8 Å². The molecule has 2 amide bonds. The van der Waals surface area contributed by atoms with Crippen molar-refractivity contribution in [2.24, 2.45) is 5.73 Å². The Labute approximate surface area is 117 Å². The monoisotopic (exact) mass is 278 g/mol. The van der Waals surface area contributed by atoms with E-state index in [1.807, 2.05) is 13.0 Å². The second-order valence-electron chi connectivity index (χ2n) is 4.69. The molecule has 1 aromatic carbocycles. The number of carboxylic acids is 1. The zero-order valence-corrected chi connectivity index (χ0v) is 11.5. The average Bonchev–Trinajstić information content (AvgIpc) is 2.36. The van der Waals surface area contributed by atoms with Crippen LogP contribution in [0.15, 0.2) is 18.2 Å². The molecule has 0 aliphatic heterocycles. The molecule has 1 aromatic rings. The highest BCUT2D eigenvalue weighted by molar-refractivity contribution is 5.98. The van der Waals surface area contributed by atoms with Crippen molar-refractivity contribution in [3.05, 3.63) is 34.9 Å². The van der Waals surface area contributed by atoms with Crippen molar-refractivity contribution in [3.8, 4) is 0 Å². The summed E-state index contributed by atoms with van der Waals surface area (Å²) < 4.78 is 0. The summed E-state index contributed by atoms with van der Waals surface area (Å²) in [4.78, 5) is 33.8. The summed E-state index contributed by atoms with van der Waals surface area (Å²) in [6, 6.07) is 4.23. The van der Waals surface area contributed by atoms with Gasteiger partial charge in [-0.15, -0.1) is 0 Å². The van der Waals surface area contributed by atoms with E-state index in [9.17, 15) is 14.4 Å². The molecule has 0 fully saturated rings. The number of benzene rings is 1. The number of aliphatic carboxylic acids is 1. The van der Waals surface area contributed by atoms with Crippen molar-refractivity contribution in [1.82, 2.24) is 5.32 Å². The topological polar surface area (TPSA) is 109 Å². The van der Waals surface area contributed by atoms with Gasteiger partial charge in [0, 0.05) is 12.0 Å². The molecule has 0 spiro atoms. The maximum atomic E-state index is 12.1. The van der Waals surface area contributed by atoms with Gasteiger partial charge >= 0.3 is 5.97 Å². The Kier molecular flexibility index (Phi) is 5.25. The highest BCUT2D eigenvalue weighted by atomic mass is 16.4. The number of aryl methyl sites for hydroxylation is 2. The van der Waals surface area contributed by atoms with Crippen molar-refractivity contribution in [2.75, 3.05) is 0 Å². The summed E-state index contributed by atoms with van der Waals surface area (Å²) in [6.07, 6.45) is -0.120. The number of primary amides is 1. The second-order valence-corrected chi connectivity index (χ2v) is 4.69. The van der Waals surface area contributed by atoms with Crippen molar-refractivity contribution in [3.63, 3.8) is 0 Å². The van der Waals surface area contributed by atoms with Gasteiger partial charge in [0.1, 0.15) is 6.04 Å². The molecule has 0 saturated heterocycles. The molecule has 0 aliphatic carbocycles. The van der Waals surface area contributed by atoms with Crippen LogP contribution < -0.4 is 11.1 Å². The third kappa shape index (κ3) is 4.38. The predicted octanol–water partition coefficient (Wildman–Crippen LogP) is 0.752. The Morgan fingerprint density at radius 1 is 1.30 bits per heavy atom. The Balaban J connectivity index is 2.82. The largest absolute Gasteiger partial charge is 0.480 e. The quantitative estimate of drug-likeness (QED) is 0.713. The van der Waals surface area contributed by atoms with E-state index >= 15 is 0 Å². The molecule has 0 saturated carbocycles. The minimum absolute atomic E-state index is 0.0265. The van der Waals surface area contributed by atoms with Crippen LogP contribution >= 0.6 is 0 Å². The van der Waals surface area contributed by atoms with Gasteiger partial charge in [-0.05, 0) is 31.9 Å². The summed E-state index contributed by atoms with van der Waals surface area (Å²) in [5.74, 6) is -2.26. The number of carboxylic acid groups (broad SMARTS) is 1. The van der Waals surface area contributed by atoms with Crippen LogP contribution in [0.3, 0.4) is 0 Å². The van der Waals surface area contributed by atoms with E-state index < -0.39 is 23.8 Å². The molecular weight excluding hydrogens is 260 g/mol. The summed E-state index contributed by atoms with van der Waals surface area (Å²) in [5, 5.41) is 11.4. The summed E-state index contributed by atoms with van der Waals surface area (Å²) in [7, 11) is 0. The number of amides is 2. The van der Waals surface area contributed by atoms with Crippen molar-refractivity contribution in [2.45, 2.75) is 32.7 Å². The molecule has 108 valence electrons. The predicted molar refractivity (Wildman–Crippen MR) is 73.2 cm³/mol. The van der Waals surface area contributed by atoms with Crippen LogP contribution in [0.5, 0.6) is 0 Å². The lowest BCUT2D eigenvalue weighted by Crippen LogP contribution is -2.41. The van der Waals surface area contributed by atoms with Gasteiger partial charge in [0.05, 0.1) is 0 Å². The normalized spacial score (nSPS) is 11.7. The first-order valence-electron chi connectivity index (χ1n) is 6.20. The first-order chi connectivity index (χ1) is 9.31. The van der Waals surface area contributed by atoms with Gasteiger partial charge in [-0.25, -0.2) is 4.79 Å². The van der Waals surface area contributed by atoms with Gasteiger partial charge in [0.25, 0.3) is 5.91 Å². The summed E-state index contributed by atoms with van der Waals surface area (Å²) >= 11 is 0. The number of rotatable bonds is 6. The van der Waals surface area contributed by atoms with Gasteiger partial charge in [-0.2, -0.15) is 0 Å². The zero-order valence-electron chi connectivity index (χ0n) is 11.5. The minimum Gasteiger partial charge on any atom is -0.480 e. The van der Waals surface area contributed by atoms with E-state index in [1.54, 1.807) is 19.1 Å². The van der Waals surface area contributed by atoms with Gasteiger partial charge in [-0.1, -0.05) is 17.7 Å². The van der Waals surface area contributed by atoms with Crippen LogP contribution in [0.4, 0.5) is 0 Å². The number of carbonyl (C=O) groups excluding carboxylic acids is 2. The van der Waals surface area contributed by atoms with E-state index in [1.165, 1.54) is 0 Å². The molecule has 1 rings (SSSR count). The lowest BCUT2D eigenvalue weighted by atomic mass is 10.0. The first kappa shape index (κ1) is 15.7. The van der Waals surface area contributed by atoms with Crippen LogP contribution in [-0.4, -0.2) is 28.9 Å². The van der Waals surface area contributed by atoms with Crippen LogP contribution in [0.2, 0.25) is 0 Å². The molecule has 1 unspecified atom stereocenters. The molecule has 0 aliphatic rings. The lowest BCUT2D eigenvalue weighted by Gasteiger charge is -2.15. The molecule has 0 radical (unpaired) electrons. The molecule has 20 heavy (non-hydrogen) atoms. The van der Waals surface area contributed by atoms with Gasteiger partial charge < -0.3 is 16.2 Å². The fourth-order valence-corrected chi connectivity index (χ4v) is 1.76. The van der Waals surface area contributed by atoms with Crippen molar-refractivity contribution >= 4 is 17.8 Å². The maximum absolute atomic E-state index is 12.1. The van der Waals surface area contributed by atoms with E-state index in [2.05, 4.69) is 5.32 Å². The van der Waals surface area contributed by atoms with E-state index in [0.29, 0.717) is 5.56 Å². The van der Waals surface area contributed by atoms with Gasteiger partial charge in [0.15, 0.2) is 0 Å². The SMILES string of the molecule is Cc1ccc(C)c(C(=O)NC(CCC(N)=O)C(=O)O)c1.